The molecule has 0 aliphatic rings. The van der Waals surface area contributed by atoms with Gasteiger partial charge in [0.25, 0.3) is 11.5 Å². The maximum absolute atomic E-state index is 12.8. The van der Waals surface area contributed by atoms with Gasteiger partial charge in [-0.1, -0.05) is 11.6 Å². The van der Waals surface area contributed by atoms with Crippen LogP contribution >= 0.6 is 0 Å². The van der Waals surface area contributed by atoms with Crippen molar-refractivity contribution < 1.29 is 13.6 Å². The highest BCUT2D eigenvalue weighted by molar-refractivity contribution is 5.91. The van der Waals surface area contributed by atoms with Gasteiger partial charge in [0.05, 0.1) is 25.6 Å². The number of aryl methyl sites for hydroxylation is 1. The first kappa shape index (κ1) is 16.9. The van der Waals surface area contributed by atoms with Gasteiger partial charge in [-0.05, 0) is 54.8 Å². The molecular weight excluding hydrogens is 344 g/mol. The van der Waals surface area contributed by atoms with Gasteiger partial charge in [-0.25, -0.2) is 0 Å². The lowest BCUT2D eigenvalue weighted by Crippen LogP contribution is -2.32. The Morgan fingerprint density at radius 2 is 1.85 bits per heavy atom. The maximum Gasteiger partial charge on any atom is 0.290 e. The Balaban J connectivity index is 1.70. The Hall–Kier alpha value is -3.54. The number of aromatic nitrogens is 1. The average molecular weight is 362 g/mol. The van der Waals surface area contributed by atoms with Gasteiger partial charge in [0, 0.05) is 11.1 Å². The van der Waals surface area contributed by atoms with Crippen molar-refractivity contribution in [3.63, 3.8) is 0 Å². The summed E-state index contributed by atoms with van der Waals surface area (Å²) < 4.78 is 10.6. The first-order valence-corrected chi connectivity index (χ1v) is 8.58. The number of furan rings is 2. The lowest BCUT2D eigenvalue weighted by Gasteiger charge is -2.20. The average Bonchev–Trinajstić information content (AvgIpc) is 3.35. The van der Waals surface area contributed by atoms with E-state index in [1.807, 2.05) is 31.2 Å². The lowest BCUT2D eigenvalue weighted by molar-refractivity contribution is 0.0684. The number of nitrogens with zero attached hydrogens (tertiary/aromatic N) is 1. The van der Waals surface area contributed by atoms with Crippen LogP contribution < -0.4 is 5.56 Å². The van der Waals surface area contributed by atoms with Gasteiger partial charge in [-0.15, -0.1) is 0 Å². The number of carbonyl (C=O) groups is 1. The zero-order valence-electron chi connectivity index (χ0n) is 14.8. The molecule has 0 saturated carbocycles. The van der Waals surface area contributed by atoms with Crippen molar-refractivity contribution in [1.29, 1.82) is 0 Å². The highest BCUT2D eigenvalue weighted by atomic mass is 16.3. The second-order valence-corrected chi connectivity index (χ2v) is 6.43. The van der Waals surface area contributed by atoms with Gasteiger partial charge >= 0.3 is 0 Å². The maximum atomic E-state index is 12.8. The Bertz CT molecular complexity index is 1120. The molecule has 4 rings (SSSR count). The van der Waals surface area contributed by atoms with E-state index in [1.165, 1.54) is 11.2 Å². The zero-order chi connectivity index (χ0) is 18.8. The van der Waals surface area contributed by atoms with Crippen molar-refractivity contribution in [3.8, 4) is 0 Å². The molecule has 6 nitrogen and oxygen atoms in total. The monoisotopic (exact) mass is 362 g/mol. The summed E-state index contributed by atoms with van der Waals surface area (Å²) in [4.78, 5) is 29.8. The van der Waals surface area contributed by atoms with E-state index in [-0.39, 0.29) is 30.3 Å². The molecule has 0 aliphatic carbocycles. The van der Waals surface area contributed by atoms with Crippen molar-refractivity contribution in [2.45, 2.75) is 20.0 Å². The van der Waals surface area contributed by atoms with Crippen molar-refractivity contribution in [1.82, 2.24) is 9.88 Å². The third kappa shape index (κ3) is 3.55. The molecule has 1 amide bonds. The number of carbonyl (C=O) groups excluding carboxylic acids is 1. The summed E-state index contributed by atoms with van der Waals surface area (Å²) in [7, 11) is 0. The summed E-state index contributed by atoms with van der Waals surface area (Å²) in [6, 6.07) is 14.5. The number of aromatic amines is 1. The molecule has 0 unspecified atom stereocenters. The standard InChI is InChI=1S/C21H18N2O4/c1-14-6-7-18-15(10-14)11-16(20(24)22-18)12-23(13-17-4-2-8-26-17)21(25)19-5-3-9-27-19/h2-11H,12-13H2,1H3,(H,22,24). The number of pyridine rings is 1. The van der Waals surface area contributed by atoms with Gasteiger partial charge < -0.3 is 18.7 Å². The number of H-pyrrole nitrogens is 1. The van der Waals surface area contributed by atoms with Gasteiger partial charge in [0.15, 0.2) is 5.76 Å². The van der Waals surface area contributed by atoms with Crippen LogP contribution in [0.4, 0.5) is 0 Å². The molecule has 27 heavy (non-hydrogen) atoms. The van der Waals surface area contributed by atoms with Gasteiger partial charge in [0.2, 0.25) is 0 Å². The van der Waals surface area contributed by atoms with Gasteiger partial charge in [-0.3, -0.25) is 9.59 Å². The van der Waals surface area contributed by atoms with Crippen molar-refractivity contribution in [3.05, 3.63) is 94.1 Å². The molecule has 3 heterocycles. The first-order valence-electron chi connectivity index (χ1n) is 8.58. The van der Waals surface area contributed by atoms with E-state index in [0.29, 0.717) is 11.3 Å². The van der Waals surface area contributed by atoms with E-state index >= 15 is 0 Å². The Kier molecular flexibility index (Phi) is 4.38. The molecule has 0 aliphatic heterocycles. The van der Waals surface area contributed by atoms with Crippen LogP contribution in [-0.4, -0.2) is 15.8 Å². The predicted molar refractivity (Wildman–Crippen MR) is 100 cm³/mol. The SMILES string of the molecule is Cc1ccc2[nH]c(=O)c(CN(Cc3ccco3)C(=O)c3ccco3)cc2c1. The van der Waals surface area contributed by atoms with Gasteiger partial charge in [0.1, 0.15) is 5.76 Å². The topological polar surface area (TPSA) is 79.5 Å². The van der Waals surface area contributed by atoms with Crippen LogP contribution in [0.2, 0.25) is 0 Å². The molecule has 0 atom stereocenters. The smallest absolute Gasteiger partial charge is 0.290 e. The molecule has 0 saturated heterocycles. The third-order valence-electron chi connectivity index (χ3n) is 4.38. The Labute approximate surface area is 155 Å². The quantitative estimate of drug-likeness (QED) is 0.584. The summed E-state index contributed by atoms with van der Waals surface area (Å²) in [5.41, 5.74) is 2.14. The Morgan fingerprint density at radius 3 is 2.59 bits per heavy atom. The minimum Gasteiger partial charge on any atom is -0.467 e. The van der Waals surface area contributed by atoms with Crippen LogP contribution in [0.5, 0.6) is 0 Å². The van der Waals surface area contributed by atoms with Crippen molar-refractivity contribution >= 4 is 16.8 Å². The summed E-state index contributed by atoms with van der Waals surface area (Å²) in [6.07, 6.45) is 3.00. The fourth-order valence-electron chi connectivity index (χ4n) is 3.04. The number of benzene rings is 1. The van der Waals surface area contributed by atoms with Crippen LogP contribution in [0, 0.1) is 6.92 Å². The van der Waals surface area contributed by atoms with Crippen LogP contribution in [0.3, 0.4) is 0 Å². The third-order valence-corrected chi connectivity index (χ3v) is 4.38. The van der Waals surface area contributed by atoms with E-state index in [9.17, 15) is 9.59 Å². The van der Waals surface area contributed by atoms with Crippen molar-refractivity contribution in [2.24, 2.45) is 0 Å². The minimum atomic E-state index is -0.305. The molecule has 136 valence electrons. The fraction of sp³-hybridized carbons (Fsp3) is 0.143. The van der Waals surface area contributed by atoms with Crippen LogP contribution in [0.25, 0.3) is 10.9 Å². The van der Waals surface area contributed by atoms with Gasteiger partial charge in [-0.2, -0.15) is 0 Å². The number of fused-ring (bicyclic) bond motifs is 1. The second kappa shape index (κ2) is 6.99. The summed E-state index contributed by atoms with van der Waals surface area (Å²) in [5, 5.41) is 0.924. The fourth-order valence-corrected chi connectivity index (χ4v) is 3.04. The normalized spacial score (nSPS) is 11.0. The highest BCUT2D eigenvalue weighted by Crippen LogP contribution is 2.17. The van der Waals surface area contributed by atoms with Crippen LogP contribution in [-0.2, 0) is 13.1 Å². The van der Waals surface area contributed by atoms with E-state index in [0.717, 1.165) is 16.5 Å². The molecule has 0 radical (unpaired) electrons. The van der Waals surface area contributed by atoms with Crippen LogP contribution in [0.1, 0.15) is 27.4 Å². The second-order valence-electron chi connectivity index (χ2n) is 6.43. The molecule has 1 aromatic carbocycles. The first-order chi connectivity index (χ1) is 13.1. The van der Waals surface area contributed by atoms with Crippen LogP contribution in [0.15, 0.2) is 74.7 Å². The molecule has 0 bridgehead atoms. The number of amides is 1. The van der Waals surface area contributed by atoms with E-state index in [1.54, 1.807) is 30.5 Å². The number of hydrogen-bond donors (Lipinski definition) is 1. The molecule has 6 heteroatoms. The molecule has 0 spiro atoms. The molecule has 1 N–H and O–H groups in total. The summed E-state index contributed by atoms with van der Waals surface area (Å²) >= 11 is 0. The summed E-state index contributed by atoms with van der Waals surface area (Å²) in [5.74, 6) is 0.540. The van der Waals surface area contributed by atoms with E-state index in [2.05, 4.69) is 4.98 Å². The summed E-state index contributed by atoms with van der Waals surface area (Å²) in [6.45, 7) is 2.37. The number of hydrogen-bond acceptors (Lipinski definition) is 4. The number of nitrogens with one attached hydrogen (secondary N) is 1. The van der Waals surface area contributed by atoms with Crippen molar-refractivity contribution in [2.75, 3.05) is 0 Å². The highest BCUT2D eigenvalue weighted by Gasteiger charge is 2.21. The molecule has 3 aromatic heterocycles. The lowest BCUT2D eigenvalue weighted by atomic mass is 10.1. The molecular formula is C21H18N2O4. The molecule has 4 aromatic rings. The number of rotatable bonds is 5. The Morgan fingerprint density at radius 1 is 1.04 bits per heavy atom. The molecule has 0 fully saturated rings. The zero-order valence-corrected chi connectivity index (χ0v) is 14.8. The van der Waals surface area contributed by atoms with E-state index < -0.39 is 0 Å². The predicted octanol–water partition coefficient (Wildman–Crippen LogP) is 3.87. The minimum absolute atomic E-state index is 0.138. The largest absolute Gasteiger partial charge is 0.467 e. The van der Waals surface area contributed by atoms with E-state index in [4.69, 9.17) is 8.83 Å².